The van der Waals surface area contributed by atoms with Crippen LogP contribution in [0.3, 0.4) is 0 Å². The minimum Gasteiger partial charge on any atom is -0.379 e. The number of hydrogen-bond acceptors (Lipinski definition) is 3. The van der Waals surface area contributed by atoms with Crippen molar-refractivity contribution in [3.8, 4) is 11.1 Å². The average molecular weight is 317 g/mol. The summed E-state index contributed by atoms with van der Waals surface area (Å²) in [6, 6.07) is 14.6. The maximum Gasteiger partial charge on any atom is 0.0594 e. The van der Waals surface area contributed by atoms with Crippen molar-refractivity contribution in [2.45, 2.75) is 13.1 Å². The first-order chi connectivity index (χ1) is 10.8. The number of benzene rings is 2. The molecule has 3 rings (SSSR count). The fraction of sp³-hybridized carbons (Fsp3) is 0.333. The van der Waals surface area contributed by atoms with E-state index in [0.29, 0.717) is 6.54 Å². The summed E-state index contributed by atoms with van der Waals surface area (Å²) in [5.41, 5.74) is 10.3. The maximum atomic E-state index is 6.32. The Balaban J connectivity index is 1.76. The summed E-state index contributed by atoms with van der Waals surface area (Å²) >= 11 is 6.32. The van der Waals surface area contributed by atoms with E-state index in [1.54, 1.807) is 0 Å². The fourth-order valence-corrected chi connectivity index (χ4v) is 2.95. The molecule has 2 aromatic rings. The predicted molar refractivity (Wildman–Crippen MR) is 90.9 cm³/mol. The first kappa shape index (κ1) is 15.5. The van der Waals surface area contributed by atoms with Crippen molar-refractivity contribution in [1.82, 2.24) is 4.90 Å². The van der Waals surface area contributed by atoms with E-state index in [-0.39, 0.29) is 0 Å². The van der Waals surface area contributed by atoms with E-state index in [0.717, 1.165) is 54.6 Å². The molecule has 0 spiro atoms. The van der Waals surface area contributed by atoms with Gasteiger partial charge >= 0.3 is 0 Å². The van der Waals surface area contributed by atoms with E-state index < -0.39 is 0 Å². The highest BCUT2D eigenvalue weighted by molar-refractivity contribution is 6.33. The molecule has 2 aromatic carbocycles. The average Bonchev–Trinajstić information content (AvgIpc) is 2.57. The van der Waals surface area contributed by atoms with Gasteiger partial charge in [-0.15, -0.1) is 0 Å². The van der Waals surface area contributed by atoms with Crippen LogP contribution in [0.2, 0.25) is 5.02 Å². The standard InChI is InChI=1S/C18H21ClN2O/c19-18-6-3-15(12-20)11-17(18)16-4-1-14(2-5-16)13-21-7-9-22-10-8-21/h1-6,11H,7-10,12-13,20H2. The number of nitrogens with two attached hydrogens (primary N) is 1. The van der Waals surface area contributed by atoms with Crippen molar-refractivity contribution in [1.29, 1.82) is 0 Å². The lowest BCUT2D eigenvalue weighted by Crippen LogP contribution is -2.35. The summed E-state index contributed by atoms with van der Waals surface area (Å²) < 4.78 is 5.38. The van der Waals surface area contributed by atoms with E-state index in [1.165, 1.54) is 5.56 Å². The van der Waals surface area contributed by atoms with Crippen molar-refractivity contribution < 1.29 is 4.74 Å². The van der Waals surface area contributed by atoms with Gasteiger partial charge in [-0.3, -0.25) is 4.90 Å². The summed E-state index contributed by atoms with van der Waals surface area (Å²) in [6.45, 7) is 5.18. The normalized spacial score (nSPS) is 15.9. The molecule has 0 unspecified atom stereocenters. The van der Waals surface area contributed by atoms with Gasteiger partial charge in [-0.25, -0.2) is 0 Å². The fourth-order valence-electron chi connectivity index (χ4n) is 2.73. The second-order valence-electron chi connectivity index (χ2n) is 5.60. The Bertz CT molecular complexity index is 621. The van der Waals surface area contributed by atoms with Crippen molar-refractivity contribution in [2.75, 3.05) is 26.3 Å². The second kappa shape index (κ2) is 7.25. The van der Waals surface area contributed by atoms with E-state index in [4.69, 9.17) is 22.1 Å². The molecule has 3 nitrogen and oxygen atoms in total. The van der Waals surface area contributed by atoms with Crippen LogP contribution in [0.25, 0.3) is 11.1 Å². The summed E-state index contributed by atoms with van der Waals surface area (Å²) in [5.74, 6) is 0. The number of rotatable bonds is 4. The maximum absolute atomic E-state index is 6.32. The second-order valence-corrected chi connectivity index (χ2v) is 6.01. The van der Waals surface area contributed by atoms with Gasteiger partial charge in [-0.1, -0.05) is 41.9 Å². The summed E-state index contributed by atoms with van der Waals surface area (Å²) in [6.07, 6.45) is 0. The zero-order valence-electron chi connectivity index (χ0n) is 12.6. The van der Waals surface area contributed by atoms with Crippen molar-refractivity contribution in [2.24, 2.45) is 5.73 Å². The molecular weight excluding hydrogens is 296 g/mol. The Morgan fingerprint density at radius 2 is 1.68 bits per heavy atom. The lowest BCUT2D eigenvalue weighted by molar-refractivity contribution is 0.0342. The molecule has 1 aliphatic rings. The zero-order valence-corrected chi connectivity index (χ0v) is 13.4. The van der Waals surface area contributed by atoms with Gasteiger partial charge in [0, 0.05) is 36.8 Å². The molecule has 0 aromatic heterocycles. The zero-order chi connectivity index (χ0) is 15.4. The Morgan fingerprint density at radius 3 is 2.36 bits per heavy atom. The van der Waals surface area contributed by atoms with Crippen molar-refractivity contribution in [3.63, 3.8) is 0 Å². The number of halogens is 1. The van der Waals surface area contributed by atoms with Gasteiger partial charge in [-0.2, -0.15) is 0 Å². The molecule has 0 atom stereocenters. The number of hydrogen-bond donors (Lipinski definition) is 1. The first-order valence-corrected chi connectivity index (χ1v) is 8.02. The predicted octanol–water partition coefficient (Wildman–Crippen LogP) is 3.30. The third-order valence-corrected chi connectivity index (χ3v) is 4.37. The number of ether oxygens (including phenoxy) is 1. The van der Waals surface area contributed by atoms with Crippen LogP contribution in [0.1, 0.15) is 11.1 Å². The lowest BCUT2D eigenvalue weighted by atomic mass is 10.0. The third kappa shape index (κ3) is 3.68. The highest BCUT2D eigenvalue weighted by Gasteiger charge is 2.11. The van der Waals surface area contributed by atoms with Gasteiger partial charge in [0.15, 0.2) is 0 Å². The van der Waals surface area contributed by atoms with Gasteiger partial charge in [0.05, 0.1) is 13.2 Å². The molecule has 1 saturated heterocycles. The van der Waals surface area contributed by atoms with Gasteiger partial charge in [0.1, 0.15) is 0 Å². The molecule has 1 fully saturated rings. The quantitative estimate of drug-likeness (QED) is 0.940. The van der Waals surface area contributed by atoms with Gasteiger partial charge in [-0.05, 0) is 28.8 Å². The molecule has 116 valence electrons. The molecule has 0 amide bonds. The molecule has 22 heavy (non-hydrogen) atoms. The van der Waals surface area contributed by atoms with Crippen LogP contribution in [0, 0.1) is 0 Å². The van der Waals surface area contributed by atoms with Crippen LogP contribution >= 0.6 is 11.6 Å². The highest BCUT2D eigenvalue weighted by Crippen LogP contribution is 2.29. The van der Waals surface area contributed by atoms with Crippen molar-refractivity contribution >= 4 is 11.6 Å². The van der Waals surface area contributed by atoms with E-state index in [1.807, 2.05) is 12.1 Å². The van der Waals surface area contributed by atoms with Crippen LogP contribution in [-0.2, 0) is 17.8 Å². The van der Waals surface area contributed by atoms with Crippen LogP contribution in [0.5, 0.6) is 0 Å². The van der Waals surface area contributed by atoms with Gasteiger partial charge < -0.3 is 10.5 Å². The smallest absolute Gasteiger partial charge is 0.0594 e. The minimum absolute atomic E-state index is 0.527. The Hall–Kier alpha value is -1.39. The van der Waals surface area contributed by atoms with Crippen LogP contribution < -0.4 is 5.73 Å². The Labute approximate surface area is 136 Å². The van der Waals surface area contributed by atoms with Crippen LogP contribution in [0.15, 0.2) is 42.5 Å². The largest absolute Gasteiger partial charge is 0.379 e. The summed E-state index contributed by atoms with van der Waals surface area (Å²) in [7, 11) is 0. The van der Waals surface area contributed by atoms with Gasteiger partial charge in [0.2, 0.25) is 0 Å². The first-order valence-electron chi connectivity index (χ1n) is 7.64. The summed E-state index contributed by atoms with van der Waals surface area (Å²) in [4.78, 5) is 2.42. The molecule has 4 heteroatoms. The Morgan fingerprint density at radius 1 is 1.00 bits per heavy atom. The van der Waals surface area contributed by atoms with E-state index >= 15 is 0 Å². The molecule has 1 aliphatic heterocycles. The number of nitrogens with zero attached hydrogens (tertiary/aromatic N) is 1. The highest BCUT2D eigenvalue weighted by atomic mass is 35.5. The van der Waals surface area contributed by atoms with Crippen molar-refractivity contribution in [3.05, 3.63) is 58.6 Å². The topological polar surface area (TPSA) is 38.5 Å². The molecule has 2 N–H and O–H groups in total. The SMILES string of the molecule is NCc1ccc(Cl)c(-c2ccc(CN3CCOCC3)cc2)c1. The van der Waals surface area contributed by atoms with Gasteiger partial charge in [0.25, 0.3) is 0 Å². The summed E-state index contributed by atoms with van der Waals surface area (Å²) in [5, 5.41) is 0.762. The molecule has 1 heterocycles. The monoisotopic (exact) mass is 316 g/mol. The molecule has 0 aliphatic carbocycles. The minimum atomic E-state index is 0.527. The molecule has 0 saturated carbocycles. The molecular formula is C18H21ClN2O. The Kier molecular flexibility index (Phi) is 5.11. The number of morpholine rings is 1. The molecule has 0 bridgehead atoms. The lowest BCUT2D eigenvalue weighted by Gasteiger charge is -2.26. The third-order valence-electron chi connectivity index (χ3n) is 4.04. The molecule has 0 radical (unpaired) electrons. The van der Waals surface area contributed by atoms with Crippen LogP contribution in [0.4, 0.5) is 0 Å². The van der Waals surface area contributed by atoms with Crippen LogP contribution in [-0.4, -0.2) is 31.2 Å². The van der Waals surface area contributed by atoms with E-state index in [2.05, 4.69) is 35.2 Å². The van der Waals surface area contributed by atoms with E-state index in [9.17, 15) is 0 Å².